The third-order valence-electron chi connectivity index (χ3n) is 3.25. The van der Waals surface area contributed by atoms with Gasteiger partial charge in [-0.2, -0.15) is 5.26 Å². The highest BCUT2D eigenvalue weighted by Crippen LogP contribution is 2.23. The topological polar surface area (TPSA) is 35.8 Å². The van der Waals surface area contributed by atoms with E-state index in [0.717, 1.165) is 5.69 Å². The molecule has 1 atom stereocenters. The molecule has 2 nitrogen and oxygen atoms in total. The van der Waals surface area contributed by atoms with Crippen LogP contribution in [0.3, 0.4) is 0 Å². The third kappa shape index (κ3) is 4.07. The van der Waals surface area contributed by atoms with Crippen molar-refractivity contribution in [1.82, 2.24) is 0 Å². The number of hydrogen-bond donors (Lipinski definition) is 1. The molecular weight excluding hydrogens is 220 g/mol. The van der Waals surface area contributed by atoms with E-state index in [1.165, 1.54) is 5.56 Å². The number of rotatable bonds is 4. The highest BCUT2D eigenvalue weighted by Gasteiger charge is 2.14. The van der Waals surface area contributed by atoms with E-state index >= 15 is 0 Å². The molecule has 1 unspecified atom stereocenters. The van der Waals surface area contributed by atoms with E-state index in [2.05, 4.69) is 70.3 Å². The normalized spacial score (nSPS) is 13.2. The molecule has 0 radical (unpaired) electrons. The van der Waals surface area contributed by atoms with Gasteiger partial charge in [0.25, 0.3) is 0 Å². The summed E-state index contributed by atoms with van der Waals surface area (Å²) in [5.74, 6) is 0.448. The molecule has 98 valence electrons. The lowest BCUT2D eigenvalue weighted by atomic mass is 9.87. The van der Waals surface area contributed by atoms with E-state index in [0.29, 0.717) is 12.5 Å². The summed E-state index contributed by atoms with van der Waals surface area (Å²) >= 11 is 0. The van der Waals surface area contributed by atoms with Crippen LogP contribution in [0.2, 0.25) is 0 Å². The van der Waals surface area contributed by atoms with Gasteiger partial charge in [0, 0.05) is 12.2 Å². The average molecular weight is 244 g/mol. The van der Waals surface area contributed by atoms with E-state index in [4.69, 9.17) is 5.26 Å². The highest BCUT2D eigenvalue weighted by atomic mass is 14.9. The zero-order valence-electron chi connectivity index (χ0n) is 12.1. The fraction of sp³-hybridized carbons (Fsp3) is 0.562. The van der Waals surface area contributed by atoms with Crippen molar-refractivity contribution < 1.29 is 0 Å². The molecule has 18 heavy (non-hydrogen) atoms. The SMILES string of the molecule is CC(C)C(C#N)CNc1ccc(C(C)(C)C)cc1. The van der Waals surface area contributed by atoms with Gasteiger partial charge >= 0.3 is 0 Å². The molecule has 1 rings (SSSR count). The minimum atomic E-state index is 0.0623. The second-order valence-corrected chi connectivity index (χ2v) is 6.19. The van der Waals surface area contributed by atoms with Crippen LogP contribution >= 0.6 is 0 Å². The first kappa shape index (κ1) is 14.6. The van der Waals surface area contributed by atoms with Crippen molar-refractivity contribution in [2.75, 3.05) is 11.9 Å². The zero-order valence-corrected chi connectivity index (χ0v) is 12.1. The van der Waals surface area contributed by atoms with E-state index in [1.54, 1.807) is 0 Å². The molecule has 0 amide bonds. The van der Waals surface area contributed by atoms with Crippen molar-refractivity contribution in [1.29, 1.82) is 5.26 Å². The summed E-state index contributed by atoms with van der Waals surface area (Å²) in [6.45, 7) is 11.5. The molecule has 0 aliphatic rings. The Labute approximate surface area is 111 Å². The lowest BCUT2D eigenvalue weighted by Gasteiger charge is -2.20. The van der Waals surface area contributed by atoms with Crippen LogP contribution in [0.15, 0.2) is 24.3 Å². The summed E-state index contributed by atoms with van der Waals surface area (Å²) in [6, 6.07) is 10.8. The van der Waals surface area contributed by atoms with Crippen molar-refractivity contribution in [3.63, 3.8) is 0 Å². The van der Waals surface area contributed by atoms with Crippen LogP contribution in [-0.4, -0.2) is 6.54 Å². The maximum atomic E-state index is 9.04. The van der Waals surface area contributed by atoms with E-state index in [1.807, 2.05) is 0 Å². The average Bonchev–Trinajstić information content (AvgIpc) is 2.29. The maximum Gasteiger partial charge on any atom is 0.0677 e. The van der Waals surface area contributed by atoms with Crippen molar-refractivity contribution in [3.8, 4) is 6.07 Å². The van der Waals surface area contributed by atoms with Gasteiger partial charge in [0.2, 0.25) is 0 Å². The van der Waals surface area contributed by atoms with Gasteiger partial charge in [-0.1, -0.05) is 46.8 Å². The van der Waals surface area contributed by atoms with Gasteiger partial charge in [-0.05, 0) is 29.0 Å². The predicted molar refractivity (Wildman–Crippen MR) is 77.6 cm³/mol. The number of anilines is 1. The molecule has 0 bridgehead atoms. The van der Waals surface area contributed by atoms with Gasteiger partial charge in [0.15, 0.2) is 0 Å². The molecule has 0 aliphatic heterocycles. The summed E-state index contributed by atoms with van der Waals surface area (Å²) < 4.78 is 0. The van der Waals surface area contributed by atoms with Crippen molar-refractivity contribution in [3.05, 3.63) is 29.8 Å². The van der Waals surface area contributed by atoms with Gasteiger partial charge in [-0.3, -0.25) is 0 Å². The lowest BCUT2D eigenvalue weighted by Crippen LogP contribution is -2.18. The molecule has 0 spiro atoms. The molecule has 0 heterocycles. The Hall–Kier alpha value is -1.49. The van der Waals surface area contributed by atoms with Crippen molar-refractivity contribution >= 4 is 5.69 Å². The number of nitriles is 1. The predicted octanol–water partition coefficient (Wildman–Crippen LogP) is 4.19. The first-order chi connectivity index (χ1) is 8.34. The second-order valence-electron chi connectivity index (χ2n) is 6.19. The Morgan fingerprint density at radius 3 is 2.11 bits per heavy atom. The Morgan fingerprint density at radius 1 is 1.17 bits per heavy atom. The van der Waals surface area contributed by atoms with Crippen LogP contribution in [0, 0.1) is 23.2 Å². The Morgan fingerprint density at radius 2 is 1.72 bits per heavy atom. The Balaban J connectivity index is 2.63. The molecule has 1 N–H and O–H groups in total. The molecule has 0 saturated heterocycles. The molecule has 0 fully saturated rings. The second kappa shape index (κ2) is 5.91. The third-order valence-corrected chi connectivity index (χ3v) is 3.25. The van der Waals surface area contributed by atoms with Gasteiger partial charge < -0.3 is 5.32 Å². The Bertz CT molecular complexity index is 404. The summed E-state index contributed by atoms with van der Waals surface area (Å²) in [6.07, 6.45) is 0. The van der Waals surface area contributed by atoms with Gasteiger partial charge in [-0.15, -0.1) is 0 Å². The lowest BCUT2D eigenvalue weighted by molar-refractivity contribution is 0.496. The molecule has 1 aromatic rings. The van der Waals surface area contributed by atoms with Gasteiger partial charge in [0.05, 0.1) is 12.0 Å². The van der Waals surface area contributed by atoms with E-state index in [9.17, 15) is 0 Å². The molecular formula is C16H24N2. The minimum Gasteiger partial charge on any atom is -0.384 e. The fourth-order valence-corrected chi connectivity index (χ4v) is 1.75. The minimum absolute atomic E-state index is 0.0623. The molecule has 2 heteroatoms. The summed E-state index contributed by atoms with van der Waals surface area (Å²) in [4.78, 5) is 0. The van der Waals surface area contributed by atoms with Crippen LogP contribution in [0.5, 0.6) is 0 Å². The van der Waals surface area contributed by atoms with Gasteiger partial charge in [0.1, 0.15) is 0 Å². The van der Waals surface area contributed by atoms with Crippen LogP contribution < -0.4 is 5.32 Å². The first-order valence-electron chi connectivity index (χ1n) is 6.58. The number of hydrogen-bond acceptors (Lipinski definition) is 2. The van der Waals surface area contributed by atoms with E-state index < -0.39 is 0 Å². The summed E-state index contributed by atoms with van der Waals surface area (Å²) in [5, 5.41) is 12.4. The Kier molecular flexibility index (Phi) is 4.78. The quantitative estimate of drug-likeness (QED) is 0.862. The number of nitrogens with one attached hydrogen (secondary N) is 1. The molecule has 0 aromatic heterocycles. The molecule has 0 saturated carbocycles. The monoisotopic (exact) mass is 244 g/mol. The van der Waals surface area contributed by atoms with Crippen molar-refractivity contribution in [2.45, 2.75) is 40.0 Å². The van der Waals surface area contributed by atoms with Crippen LogP contribution in [0.25, 0.3) is 0 Å². The standard InChI is InChI=1S/C16H24N2/c1-12(2)13(10-17)11-18-15-8-6-14(7-9-15)16(3,4)5/h6-9,12-13,18H,11H2,1-5H3. The van der Waals surface area contributed by atoms with Crippen LogP contribution in [0.1, 0.15) is 40.2 Å². The van der Waals surface area contributed by atoms with E-state index in [-0.39, 0.29) is 11.3 Å². The first-order valence-corrected chi connectivity index (χ1v) is 6.58. The maximum absolute atomic E-state index is 9.04. The zero-order chi connectivity index (χ0) is 13.8. The van der Waals surface area contributed by atoms with Crippen molar-refractivity contribution in [2.24, 2.45) is 11.8 Å². The molecule has 0 aliphatic carbocycles. The summed E-state index contributed by atoms with van der Waals surface area (Å²) in [5.41, 5.74) is 2.60. The number of nitrogens with zero attached hydrogens (tertiary/aromatic N) is 1. The smallest absolute Gasteiger partial charge is 0.0677 e. The van der Waals surface area contributed by atoms with Crippen LogP contribution in [0.4, 0.5) is 5.69 Å². The number of benzene rings is 1. The van der Waals surface area contributed by atoms with Gasteiger partial charge in [-0.25, -0.2) is 0 Å². The highest BCUT2D eigenvalue weighted by molar-refractivity contribution is 5.45. The largest absolute Gasteiger partial charge is 0.384 e. The van der Waals surface area contributed by atoms with Crippen LogP contribution in [-0.2, 0) is 5.41 Å². The fourth-order valence-electron chi connectivity index (χ4n) is 1.75. The summed E-state index contributed by atoms with van der Waals surface area (Å²) in [7, 11) is 0. The molecule has 1 aromatic carbocycles.